The third-order valence-corrected chi connectivity index (χ3v) is 5.30. The quantitative estimate of drug-likeness (QED) is 0.596. The zero-order valence-electron chi connectivity index (χ0n) is 17.4. The van der Waals surface area contributed by atoms with E-state index < -0.39 is 0 Å². The zero-order valence-corrected chi connectivity index (χ0v) is 17.4. The number of carbonyl (C=O) groups is 1. The number of furan rings is 1. The molecule has 0 bridgehead atoms. The van der Waals surface area contributed by atoms with Gasteiger partial charge in [0.25, 0.3) is 5.91 Å². The van der Waals surface area contributed by atoms with Crippen molar-refractivity contribution < 1.29 is 13.9 Å². The Morgan fingerprint density at radius 1 is 1.13 bits per heavy atom. The van der Waals surface area contributed by atoms with Gasteiger partial charge in [0, 0.05) is 31.4 Å². The van der Waals surface area contributed by atoms with Gasteiger partial charge in [0.1, 0.15) is 17.6 Å². The number of benzene rings is 1. The number of hydrogen-bond donors (Lipinski definition) is 1. The number of nitrogens with zero attached hydrogens (tertiary/aromatic N) is 2. The molecule has 3 heterocycles. The fourth-order valence-electron chi connectivity index (χ4n) is 3.57. The number of ether oxygens (including phenoxy) is 1. The molecule has 6 nitrogen and oxygen atoms in total. The minimum atomic E-state index is -0.117. The highest BCUT2D eigenvalue weighted by molar-refractivity contribution is 5.94. The molecule has 0 saturated carbocycles. The van der Waals surface area contributed by atoms with Gasteiger partial charge in [-0.15, -0.1) is 0 Å². The number of aromatic nitrogens is 1. The molecule has 1 aromatic carbocycles. The Bertz CT molecular complexity index is 961. The van der Waals surface area contributed by atoms with Gasteiger partial charge in [0.05, 0.1) is 18.5 Å². The summed E-state index contributed by atoms with van der Waals surface area (Å²) in [6.45, 7) is 3.32. The van der Waals surface area contributed by atoms with Crippen LogP contribution in [0.5, 0.6) is 5.75 Å². The van der Waals surface area contributed by atoms with Crippen LogP contribution in [0.2, 0.25) is 0 Å². The van der Waals surface area contributed by atoms with Crippen molar-refractivity contribution in [1.29, 1.82) is 0 Å². The Balaban J connectivity index is 1.19. The van der Waals surface area contributed by atoms with Crippen LogP contribution >= 0.6 is 0 Å². The zero-order chi connectivity index (χ0) is 21.3. The number of likely N-dealkylation sites (tertiary alicyclic amines) is 1. The lowest BCUT2D eigenvalue weighted by molar-refractivity contribution is 0.0950. The molecule has 1 saturated heterocycles. The van der Waals surface area contributed by atoms with E-state index in [1.54, 1.807) is 24.6 Å². The molecule has 1 aliphatic heterocycles. The molecule has 1 amide bonds. The molecule has 1 aliphatic rings. The summed E-state index contributed by atoms with van der Waals surface area (Å²) >= 11 is 0. The first kappa shape index (κ1) is 20.9. The Hall–Kier alpha value is -3.38. The Kier molecular flexibility index (Phi) is 7.13. The van der Waals surface area contributed by atoms with Crippen molar-refractivity contribution >= 4 is 12.0 Å². The van der Waals surface area contributed by atoms with Crippen molar-refractivity contribution in [1.82, 2.24) is 15.2 Å². The summed E-state index contributed by atoms with van der Waals surface area (Å²) in [4.78, 5) is 18.9. The van der Waals surface area contributed by atoms with E-state index >= 15 is 0 Å². The van der Waals surface area contributed by atoms with E-state index in [-0.39, 0.29) is 12.0 Å². The molecule has 0 spiro atoms. The second-order valence-corrected chi connectivity index (χ2v) is 7.56. The predicted molar refractivity (Wildman–Crippen MR) is 120 cm³/mol. The smallest absolute Gasteiger partial charge is 0.251 e. The largest absolute Gasteiger partial charge is 0.490 e. The number of nitrogens with one attached hydrogen (secondary N) is 1. The van der Waals surface area contributed by atoms with Crippen LogP contribution < -0.4 is 10.1 Å². The summed E-state index contributed by atoms with van der Waals surface area (Å²) in [5.41, 5.74) is 1.44. The maximum Gasteiger partial charge on any atom is 0.251 e. The number of amides is 1. The maximum atomic E-state index is 12.3. The summed E-state index contributed by atoms with van der Waals surface area (Å²) in [6, 6.07) is 16.8. The van der Waals surface area contributed by atoms with E-state index in [1.807, 2.05) is 48.5 Å². The fraction of sp³-hybridized carbons (Fsp3) is 0.280. The lowest BCUT2D eigenvalue weighted by Crippen LogP contribution is -2.38. The van der Waals surface area contributed by atoms with E-state index in [4.69, 9.17) is 9.15 Å². The lowest BCUT2D eigenvalue weighted by Gasteiger charge is -2.31. The highest BCUT2D eigenvalue weighted by atomic mass is 16.5. The third kappa shape index (κ3) is 6.30. The molecule has 31 heavy (non-hydrogen) atoms. The van der Waals surface area contributed by atoms with Crippen LogP contribution in [0.1, 0.15) is 34.7 Å². The first-order valence-electron chi connectivity index (χ1n) is 10.6. The molecular weight excluding hydrogens is 390 g/mol. The SMILES string of the molecule is O=C(NCc1ccccn1)c1ccc(OC2CCN(CC=Cc3ccco3)CC2)cc1. The van der Waals surface area contributed by atoms with E-state index in [2.05, 4.69) is 21.3 Å². The van der Waals surface area contributed by atoms with E-state index in [0.717, 1.165) is 49.7 Å². The van der Waals surface area contributed by atoms with Crippen molar-refractivity contribution in [3.05, 3.63) is 90.2 Å². The molecule has 0 atom stereocenters. The molecule has 0 aliphatic carbocycles. The van der Waals surface area contributed by atoms with Gasteiger partial charge in [-0.2, -0.15) is 0 Å². The molecule has 160 valence electrons. The Morgan fingerprint density at radius 2 is 1.97 bits per heavy atom. The predicted octanol–water partition coefficient (Wildman–Crippen LogP) is 4.16. The van der Waals surface area contributed by atoms with Crippen molar-refractivity contribution in [3.8, 4) is 5.75 Å². The van der Waals surface area contributed by atoms with Gasteiger partial charge in [-0.05, 0) is 67.4 Å². The van der Waals surface area contributed by atoms with Gasteiger partial charge >= 0.3 is 0 Å². The van der Waals surface area contributed by atoms with Crippen LogP contribution in [-0.2, 0) is 6.54 Å². The molecule has 0 unspecified atom stereocenters. The van der Waals surface area contributed by atoms with Crippen LogP contribution in [0.25, 0.3) is 6.08 Å². The monoisotopic (exact) mass is 417 g/mol. The minimum absolute atomic E-state index is 0.117. The number of piperidine rings is 1. The van der Waals surface area contributed by atoms with Gasteiger partial charge in [0.15, 0.2) is 0 Å². The van der Waals surface area contributed by atoms with Crippen LogP contribution in [0.15, 0.2) is 77.6 Å². The van der Waals surface area contributed by atoms with Crippen molar-refractivity contribution in [2.45, 2.75) is 25.5 Å². The number of pyridine rings is 1. The fourth-order valence-corrected chi connectivity index (χ4v) is 3.57. The van der Waals surface area contributed by atoms with E-state index in [0.29, 0.717) is 12.1 Å². The number of hydrogen-bond acceptors (Lipinski definition) is 5. The van der Waals surface area contributed by atoms with Crippen molar-refractivity contribution in [2.75, 3.05) is 19.6 Å². The summed E-state index contributed by atoms with van der Waals surface area (Å²) in [5.74, 6) is 1.57. The van der Waals surface area contributed by atoms with Crippen LogP contribution in [0.4, 0.5) is 0 Å². The lowest BCUT2D eigenvalue weighted by atomic mass is 10.1. The van der Waals surface area contributed by atoms with Crippen molar-refractivity contribution in [3.63, 3.8) is 0 Å². The topological polar surface area (TPSA) is 67.6 Å². The Labute approximate surface area is 182 Å². The molecule has 1 fully saturated rings. The highest BCUT2D eigenvalue weighted by Crippen LogP contribution is 2.20. The summed E-state index contributed by atoms with van der Waals surface area (Å²) in [7, 11) is 0. The van der Waals surface area contributed by atoms with Crippen LogP contribution in [-0.4, -0.2) is 41.5 Å². The standard InChI is InChI=1S/C25H27N3O3/c29-25(27-19-21-5-1-2-14-26-21)20-8-10-23(11-9-20)31-24-12-16-28(17-13-24)15-3-6-22-7-4-18-30-22/h1-11,14,18,24H,12-13,15-17,19H2,(H,27,29). The minimum Gasteiger partial charge on any atom is -0.490 e. The molecular formula is C25H27N3O3. The average Bonchev–Trinajstić information content (AvgIpc) is 3.33. The summed E-state index contributed by atoms with van der Waals surface area (Å²) < 4.78 is 11.4. The summed E-state index contributed by atoms with van der Waals surface area (Å²) in [5, 5.41) is 2.89. The molecule has 6 heteroatoms. The van der Waals surface area contributed by atoms with E-state index in [1.165, 1.54) is 0 Å². The Morgan fingerprint density at radius 3 is 2.68 bits per heavy atom. The summed E-state index contributed by atoms with van der Waals surface area (Å²) in [6.07, 6.45) is 9.73. The van der Waals surface area contributed by atoms with Gasteiger partial charge in [0.2, 0.25) is 0 Å². The number of rotatable bonds is 8. The average molecular weight is 418 g/mol. The van der Waals surface area contributed by atoms with Crippen molar-refractivity contribution in [2.24, 2.45) is 0 Å². The maximum absolute atomic E-state index is 12.3. The third-order valence-electron chi connectivity index (χ3n) is 5.30. The van der Waals surface area contributed by atoms with Gasteiger partial charge < -0.3 is 14.5 Å². The van der Waals surface area contributed by atoms with Gasteiger partial charge in [-0.3, -0.25) is 14.7 Å². The molecule has 2 aromatic heterocycles. The normalized spacial score (nSPS) is 15.2. The van der Waals surface area contributed by atoms with Gasteiger partial charge in [-0.1, -0.05) is 12.1 Å². The van der Waals surface area contributed by atoms with Crippen LogP contribution in [0, 0.1) is 0 Å². The molecule has 3 aromatic rings. The number of carbonyl (C=O) groups excluding carboxylic acids is 1. The second-order valence-electron chi connectivity index (χ2n) is 7.56. The first-order chi connectivity index (χ1) is 15.3. The second kappa shape index (κ2) is 10.6. The molecule has 0 radical (unpaired) electrons. The highest BCUT2D eigenvalue weighted by Gasteiger charge is 2.20. The van der Waals surface area contributed by atoms with E-state index in [9.17, 15) is 4.79 Å². The van der Waals surface area contributed by atoms with Crippen LogP contribution in [0.3, 0.4) is 0 Å². The molecule has 1 N–H and O–H groups in total. The first-order valence-corrected chi connectivity index (χ1v) is 10.6. The molecule has 4 rings (SSSR count). The van der Waals surface area contributed by atoms with Gasteiger partial charge in [-0.25, -0.2) is 0 Å².